The molecule has 0 saturated carbocycles. The van der Waals surface area contributed by atoms with Crippen LogP contribution in [0.1, 0.15) is 19.8 Å². The summed E-state index contributed by atoms with van der Waals surface area (Å²) in [5.74, 6) is -1.49. The van der Waals surface area contributed by atoms with Crippen LogP contribution in [0.15, 0.2) is 16.9 Å². The third-order valence-corrected chi connectivity index (χ3v) is 3.19. The molecule has 19 heavy (non-hydrogen) atoms. The Labute approximate surface area is 118 Å². The number of aromatic nitrogens is 1. The van der Waals surface area contributed by atoms with Crippen molar-refractivity contribution in [3.8, 4) is 0 Å². The minimum Gasteiger partial charge on any atom is -0.481 e. The molecule has 2 N–H and O–H groups in total. The molecule has 7 nitrogen and oxygen atoms in total. The van der Waals surface area contributed by atoms with Crippen LogP contribution in [-0.2, 0) is 4.79 Å². The first-order valence-corrected chi connectivity index (χ1v) is 6.51. The van der Waals surface area contributed by atoms with E-state index in [1.54, 1.807) is 0 Å². The number of carbonyl (C=O) groups is 1. The number of anilines is 1. The van der Waals surface area contributed by atoms with Gasteiger partial charge in [0.15, 0.2) is 0 Å². The Morgan fingerprint density at radius 2 is 2.32 bits per heavy atom. The molecule has 0 bridgehead atoms. The number of nitrogens with one attached hydrogen (secondary N) is 1. The molecule has 1 aromatic heterocycles. The molecule has 1 rings (SSSR count). The number of pyridine rings is 1. The van der Waals surface area contributed by atoms with Gasteiger partial charge in [-0.15, -0.1) is 0 Å². The number of hydrogen-bond acceptors (Lipinski definition) is 5. The van der Waals surface area contributed by atoms with Crippen molar-refractivity contribution in [3.63, 3.8) is 0 Å². The zero-order valence-corrected chi connectivity index (χ0v) is 11.9. The third kappa shape index (κ3) is 4.16. The van der Waals surface area contributed by atoms with Crippen LogP contribution in [0.5, 0.6) is 0 Å². The van der Waals surface area contributed by atoms with Gasteiger partial charge in [0.1, 0.15) is 11.9 Å². The molecule has 0 saturated heterocycles. The van der Waals surface area contributed by atoms with Crippen LogP contribution in [0.25, 0.3) is 0 Å². The number of nitro groups is 1. The van der Waals surface area contributed by atoms with Gasteiger partial charge in [0.05, 0.1) is 15.3 Å². The van der Waals surface area contributed by atoms with E-state index in [-0.39, 0.29) is 17.9 Å². The van der Waals surface area contributed by atoms with Crippen molar-refractivity contribution >= 4 is 33.3 Å². The quantitative estimate of drug-likeness (QED) is 0.587. The minimum absolute atomic E-state index is 0.132. The maximum absolute atomic E-state index is 11.0. The van der Waals surface area contributed by atoms with E-state index in [0.29, 0.717) is 10.9 Å². The van der Waals surface area contributed by atoms with Gasteiger partial charge in [-0.2, -0.15) is 0 Å². The van der Waals surface area contributed by atoms with E-state index in [1.807, 2.05) is 6.92 Å². The summed E-state index contributed by atoms with van der Waals surface area (Å²) in [6.45, 7) is 2.02. The molecule has 1 aromatic rings. The second kappa shape index (κ2) is 7.03. The average Bonchev–Trinajstić information content (AvgIpc) is 2.34. The van der Waals surface area contributed by atoms with Crippen LogP contribution < -0.4 is 5.32 Å². The molecule has 0 aliphatic rings. The lowest BCUT2D eigenvalue weighted by Crippen LogP contribution is -2.23. The Bertz CT molecular complexity index is 481. The normalized spacial score (nSPS) is 11.9. The molecule has 0 radical (unpaired) electrons. The summed E-state index contributed by atoms with van der Waals surface area (Å²) in [5.41, 5.74) is 0.0670. The van der Waals surface area contributed by atoms with Gasteiger partial charge >= 0.3 is 11.7 Å². The van der Waals surface area contributed by atoms with Crippen molar-refractivity contribution in [2.24, 2.45) is 5.92 Å². The van der Waals surface area contributed by atoms with Gasteiger partial charge in [-0.25, -0.2) is 0 Å². The van der Waals surface area contributed by atoms with Gasteiger partial charge in [0, 0.05) is 12.7 Å². The fourth-order valence-electron chi connectivity index (χ4n) is 1.62. The number of rotatable bonds is 7. The van der Waals surface area contributed by atoms with Crippen LogP contribution >= 0.6 is 15.9 Å². The topological polar surface area (TPSA) is 105 Å². The van der Waals surface area contributed by atoms with Gasteiger partial charge in [-0.1, -0.05) is 13.3 Å². The number of carboxylic acids is 1. The zero-order valence-electron chi connectivity index (χ0n) is 10.3. The Balaban J connectivity index is 2.87. The molecule has 1 atom stereocenters. The fourth-order valence-corrected chi connectivity index (χ4v) is 2.09. The summed E-state index contributed by atoms with van der Waals surface area (Å²) in [6, 6.07) is 0. The monoisotopic (exact) mass is 331 g/mol. The zero-order chi connectivity index (χ0) is 14.4. The van der Waals surface area contributed by atoms with E-state index < -0.39 is 16.8 Å². The predicted octanol–water partition coefficient (Wildman–Crippen LogP) is 2.67. The molecule has 0 aliphatic heterocycles. The van der Waals surface area contributed by atoms with E-state index in [4.69, 9.17) is 5.11 Å². The van der Waals surface area contributed by atoms with E-state index in [9.17, 15) is 14.9 Å². The van der Waals surface area contributed by atoms with Crippen LogP contribution in [0, 0.1) is 16.0 Å². The summed E-state index contributed by atoms with van der Waals surface area (Å²) in [5, 5.41) is 22.7. The maximum atomic E-state index is 11.0. The number of carboxylic acid groups (broad SMARTS) is 1. The SMILES string of the molecule is CCCC(CNc1c(Br)cncc1[N+](=O)[O-])C(=O)O. The molecule has 8 heteroatoms. The molecule has 0 amide bonds. The first-order chi connectivity index (χ1) is 8.97. The summed E-state index contributed by atoms with van der Waals surface area (Å²) in [4.78, 5) is 25.0. The molecule has 0 fully saturated rings. The summed E-state index contributed by atoms with van der Waals surface area (Å²) in [7, 11) is 0. The van der Waals surface area contributed by atoms with E-state index in [1.165, 1.54) is 6.20 Å². The largest absolute Gasteiger partial charge is 0.481 e. The Kier molecular flexibility index (Phi) is 5.68. The summed E-state index contributed by atoms with van der Waals surface area (Å²) >= 11 is 3.16. The number of nitrogens with zero attached hydrogens (tertiary/aromatic N) is 2. The molecule has 0 aliphatic carbocycles. The van der Waals surface area contributed by atoms with Crippen molar-refractivity contribution in [1.82, 2.24) is 4.98 Å². The maximum Gasteiger partial charge on any atom is 0.311 e. The fraction of sp³-hybridized carbons (Fsp3) is 0.455. The first kappa shape index (κ1) is 15.4. The van der Waals surface area contributed by atoms with Crippen molar-refractivity contribution in [2.75, 3.05) is 11.9 Å². The van der Waals surface area contributed by atoms with Crippen LogP contribution in [0.4, 0.5) is 11.4 Å². The lowest BCUT2D eigenvalue weighted by molar-refractivity contribution is -0.384. The summed E-state index contributed by atoms with van der Waals surface area (Å²) in [6.07, 6.45) is 3.80. The summed E-state index contributed by atoms with van der Waals surface area (Å²) < 4.78 is 0.433. The van der Waals surface area contributed by atoms with Crippen LogP contribution in [0.2, 0.25) is 0 Å². The van der Waals surface area contributed by atoms with Gasteiger partial charge < -0.3 is 10.4 Å². The standard InChI is InChI=1S/C11H14BrN3O4/c1-2-3-7(11(16)17)4-14-10-8(12)5-13-6-9(10)15(18)19/h5-7H,2-4H2,1H3,(H,13,14)(H,16,17). The van der Waals surface area contributed by atoms with Gasteiger partial charge in [-0.3, -0.25) is 19.9 Å². The molecule has 0 spiro atoms. The lowest BCUT2D eigenvalue weighted by atomic mass is 10.0. The minimum atomic E-state index is -0.915. The van der Waals surface area contributed by atoms with Gasteiger partial charge in [0.25, 0.3) is 0 Å². The number of aliphatic carboxylic acids is 1. The Morgan fingerprint density at radius 1 is 1.63 bits per heavy atom. The smallest absolute Gasteiger partial charge is 0.311 e. The average molecular weight is 332 g/mol. The van der Waals surface area contributed by atoms with Crippen molar-refractivity contribution in [2.45, 2.75) is 19.8 Å². The van der Waals surface area contributed by atoms with Crippen LogP contribution in [0.3, 0.4) is 0 Å². The van der Waals surface area contributed by atoms with Crippen LogP contribution in [-0.4, -0.2) is 27.5 Å². The van der Waals surface area contributed by atoms with E-state index in [2.05, 4.69) is 26.2 Å². The highest BCUT2D eigenvalue weighted by atomic mass is 79.9. The second-order valence-corrected chi connectivity index (χ2v) is 4.83. The van der Waals surface area contributed by atoms with Crippen molar-refractivity contribution in [1.29, 1.82) is 0 Å². The van der Waals surface area contributed by atoms with E-state index in [0.717, 1.165) is 12.6 Å². The third-order valence-electron chi connectivity index (χ3n) is 2.59. The molecule has 0 aromatic carbocycles. The predicted molar refractivity (Wildman–Crippen MR) is 73.1 cm³/mol. The van der Waals surface area contributed by atoms with Gasteiger partial charge in [-0.05, 0) is 22.4 Å². The molecule has 104 valence electrons. The highest BCUT2D eigenvalue weighted by Gasteiger charge is 2.21. The molecular weight excluding hydrogens is 318 g/mol. The first-order valence-electron chi connectivity index (χ1n) is 5.72. The Morgan fingerprint density at radius 3 is 2.84 bits per heavy atom. The highest BCUT2D eigenvalue weighted by molar-refractivity contribution is 9.10. The molecule has 1 unspecified atom stereocenters. The molecular formula is C11H14BrN3O4. The number of hydrogen-bond donors (Lipinski definition) is 2. The van der Waals surface area contributed by atoms with Crippen molar-refractivity contribution < 1.29 is 14.8 Å². The molecule has 1 heterocycles. The lowest BCUT2D eigenvalue weighted by Gasteiger charge is -2.14. The van der Waals surface area contributed by atoms with Crippen molar-refractivity contribution in [3.05, 3.63) is 27.0 Å². The Hall–Kier alpha value is -1.70. The highest BCUT2D eigenvalue weighted by Crippen LogP contribution is 2.31. The number of halogens is 1. The second-order valence-electron chi connectivity index (χ2n) is 3.98. The van der Waals surface area contributed by atoms with Gasteiger partial charge in [0.2, 0.25) is 0 Å². The van der Waals surface area contributed by atoms with E-state index >= 15 is 0 Å².